The van der Waals surface area contributed by atoms with Gasteiger partial charge in [0.25, 0.3) is 0 Å². The van der Waals surface area contributed by atoms with Gasteiger partial charge in [0, 0.05) is 25.7 Å². The molecule has 19 heteroatoms. The predicted octanol–water partition coefficient (Wildman–Crippen LogP) is 23.4. The van der Waals surface area contributed by atoms with Crippen LogP contribution in [-0.2, 0) is 65.4 Å². The Hall–Kier alpha value is -1.94. The summed E-state index contributed by atoms with van der Waals surface area (Å²) < 4.78 is 68.6. The van der Waals surface area contributed by atoms with E-state index in [1.807, 2.05) is 0 Å². The third kappa shape index (κ3) is 72.2. The van der Waals surface area contributed by atoms with Crippen molar-refractivity contribution in [2.75, 3.05) is 39.6 Å². The van der Waals surface area contributed by atoms with Gasteiger partial charge in [-0.25, -0.2) is 9.13 Å². The fourth-order valence-corrected chi connectivity index (χ4v) is 13.7. The molecule has 5 atom stereocenters. The second-order valence-corrected chi connectivity index (χ2v) is 31.0. The number of phosphoric acid groups is 2. The minimum absolute atomic E-state index is 0.108. The Labute approximate surface area is 594 Å². The second kappa shape index (κ2) is 72.4. The van der Waals surface area contributed by atoms with Gasteiger partial charge in [-0.2, -0.15) is 0 Å². The largest absolute Gasteiger partial charge is 0.472 e. The zero-order chi connectivity index (χ0) is 71.1. The summed E-state index contributed by atoms with van der Waals surface area (Å²) >= 11 is 0. The summed E-state index contributed by atoms with van der Waals surface area (Å²) in [5.74, 6) is -2.11. The molecule has 0 spiro atoms. The van der Waals surface area contributed by atoms with E-state index >= 15 is 0 Å². The third-order valence-corrected chi connectivity index (χ3v) is 20.3. The van der Waals surface area contributed by atoms with E-state index in [2.05, 4.69) is 27.7 Å². The summed E-state index contributed by atoms with van der Waals surface area (Å²) in [4.78, 5) is 72.9. The number of hydrogen-bond donors (Lipinski definition) is 3. The van der Waals surface area contributed by atoms with Crippen LogP contribution in [0.15, 0.2) is 0 Å². The summed E-state index contributed by atoms with van der Waals surface area (Å²) in [5, 5.41) is 10.6. The molecule has 576 valence electrons. The number of aliphatic hydroxyl groups is 1. The van der Waals surface area contributed by atoms with Crippen LogP contribution < -0.4 is 0 Å². The molecule has 0 saturated carbocycles. The number of rotatable bonds is 79. The second-order valence-electron chi connectivity index (χ2n) is 28.1. The van der Waals surface area contributed by atoms with E-state index in [0.717, 1.165) is 89.9 Å². The molecule has 0 heterocycles. The minimum atomic E-state index is -4.96. The third-order valence-electron chi connectivity index (χ3n) is 18.4. The Balaban J connectivity index is 5.23. The van der Waals surface area contributed by atoms with Crippen molar-refractivity contribution in [2.24, 2.45) is 0 Å². The van der Waals surface area contributed by atoms with E-state index in [9.17, 15) is 43.2 Å². The maximum Gasteiger partial charge on any atom is 0.472 e. The smallest absolute Gasteiger partial charge is 0.462 e. The average Bonchev–Trinajstić information content (AvgIpc) is 1.35. The molecule has 97 heavy (non-hydrogen) atoms. The van der Waals surface area contributed by atoms with Crippen LogP contribution in [0.2, 0.25) is 0 Å². The molecule has 0 aliphatic heterocycles. The van der Waals surface area contributed by atoms with E-state index in [4.69, 9.17) is 37.0 Å². The highest BCUT2D eigenvalue weighted by atomic mass is 31.2. The van der Waals surface area contributed by atoms with Crippen LogP contribution in [0.1, 0.15) is 419 Å². The lowest BCUT2D eigenvalue weighted by Crippen LogP contribution is -2.30. The summed E-state index contributed by atoms with van der Waals surface area (Å²) in [6.07, 6.45) is 63.7. The van der Waals surface area contributed by atoms with Crippen LogP contribution in [0.3, 0.4) is 0 Å². The molecule has 0 fully saturated rings. The maximum atomic E-state index is 13.1. The number of phosphoric ester groups is 2. The van der Waals surface area contributed by atoms with Crippen LogP contribution in [-0.4, -0.2) is 96.7 Å². The van der Waals surface area contributed by atoms with Crippen molar-refractivity contribution in [3.63, 3.8) is 0 Å². The van der Waals surface area contributed by atoms with Crippen LogP contribution in [0, 0.1) is 0 Å². The molecule has 3 N–H and O–H groups in total. The van der Waals surface area contributed by atoms with Gasteiger partial charge in [0.2, 0.25) is 0 Å². The lowest BCUT2D eigenvalue weighted by atomic mass is 10.0. The molecular formula is C78H152O17P2. The van der Waals surface area contributed by atoms with Crippen molar-refractivity contribution < 1.29 is 80.2 Å². The predicted molar refractivity (Wildman–Crippen MR) is 395 cm³/mol. The van der Waals surface area contributed by atoms with Gasteiger partial charge < -0.3 is 33.8 Å². The molecule has 0 bridgehead atoms. The number of unbranched alkanes of at least 4 members (excludes halogenated alkanes) is 53. The normalized spacial score (nSPS) is 13.8. The van der Waals surface area contributed by atoms with E-state index in [0.29, 0.717) is 25.7 Å². The highest BCUT2D eigenvalue weighted by Gasteiger charge is 2.30. The van der Waals surface area contributed by atoms with Crippen LogP contribution >= 0.6 is 15.6 Å². The Kier molecular flexibility index (Phi) is 71.0. The summed E-state index contributed by atoms with van der Waals surface area (Å²) in [7, 11) is -9.91. The Morgan fingerprint density at radius 1 is 0.247 bits per heavy atom. The minimum Gasteiger partial charge on any atom is -0.462 e. The Morgan fingerprint density at radius 3 is 0.608 bits per heavy atom. The van der Waals surface area contributed by atoms with Gasteiger partial charge in [-0.3, -0.25) is 37.3 Å². The Morgan fingerprint density at radius 2 is 0.412 bits per heavy atom. The summed E-state index contributed by atoms with van der Waals surface area (Å²) in [6.45, 7) is 5.01. The highest BCUT2D eigenvalue weighted by molar-refractivity contribution is 7.47. The van der Waals surface area contributed by atoms with Crippen molar-refractivity contribution >= 4 is 39.5 Å². The molecule has 0 amide bonds. The number of esters is 4. The van der Waals surface area contributed by atoms with Gasteiger partial charge in [-0.15, -0.1) is 0 Å². The van der Waals surface area contributed by atoms with Crippen molar-refractivity contribution in [1.82, 2.24) is 0 Å². The monoisotopic (exact) mass is 1420 g/mol. The summed E-state index contributed by atoms with van der Waals surface area (Å²) in [5.41, 5.74) is 0. The van der Waals surface area contributed by atoms with Gasteiger partial charge >= 0.3 is 39.5 Å². The molecular weight excluding hydrogens is 1270 g/mol. The van der Waals surface area contributed by atoms with E-state index < -0.39 is 97.5 Å². The fraction of sp³-hybridized carbons (Fsp3) is 0.949. The van der Waals surface area contributed by atoms with Gasteiger partial charge in [0.05, 0.1) is 26.4 Å². The molecule has 0 aromatic heterocycles. The fourth-order valence-electron chi connectivity index (χ4n) is 12.1. The zero-order valence-corrected chi connectivity index (χ0v) is 64.8. The topological polar surface area (TPSA) is 237 Å². The zero-order valence-electron chi connectivity index (χ0n) is 63.1. The van der Waals surface area contributed by atoms with E-state index in [1.165, 1.54) is 250 Å². The van der Waals surface area contributed by atoms with Crippen molar-refractivity contribution in [1.29, 1.82) is 0 Å². The lowest BCUT2D eigenvalue weighted by Gasteiger charge is -2.21. The van der Waals surface area contributed by atoms with E-state index in [1.54, 1.807) is 0 Å². The van der Waals surface area contributed by atoms with Crippen LogP contribution in [0.25, 0.3) is 0 Å². The molecule has 0 aromatic carbocycles. The first-order valence-electron chi connectivity index (χ1n) is 40.8. The van der Waals surface area contributed by atoms with Gasteiger partial charge in [0.1, 0.15) is 19.3 Å². The maximum absolute atomic E-state index is 13.1. The molecule has 0 aliphatic rings. The van der Waals surface area contributed by atoms with Crippen LogP contribution in [0.5, 0.6) is 0 Å². The average molecular weight is 1420 g/mol. The number of carbonyl (C=O) groups excluding carboxylic acids is 4. The molecule has 0 saturated heterocycles. The van der Waals surface area contributed by atoms with Crippen molar-refractivity contribution in [3.05, 3.63) is 0 Å². The first-order chi connectivity index (χ1) is 47.2. The number of aliphatic hydroxyl groups excluding tert-OH is 1. The first kappa shape index (κ1) is 95.1. The number of hydrogen-bond acceptors (Lipinski definition) is 15. The standard InChI is InChI=1S/C78H152O17P2/c1-5-9-13-17-21-25-29-32-34-36-38-41-43-47-51-55-59-63-76(81)89-69-74(95-78(83)65-61-57-53-49-45-42-39-37-35-33-30-26-22-18-14-10-6-2)71-93-97(86,87)91-67-72(79)66-90-96(84,85)92-70-73(68-88-75(80)62-58-54-50-46-28-24-20-16-12-8-4)94-77(82)64-60-56-52-48-44-40-31-27-23-19-15-11-7-3/h72-74,79H,5-71H2,1-4H3,(H,84,85)(H,86,87)/t72-,73+,74+/m0/s1. The number of carbonyl (C=O) groups is 4. The molecule has 2 unspecified atom stereocenters. The summed E-state index contributed by atoms with van der Waals surface area (Å²) in [6, 6.07) is 0. The lowest BCUT2D eigenvalue weighted by molar-refractivity contribution is -0.161. The quantitative estimate of drug-likeness (QED) is 0.0222. The molecule has 0 radical (unpaired) electrons. The van der Waals surface area contributed by atoms with E-state index in [-0.39, 0.29) is 25.7 Å². The van der Waals surface area contributed by atoms with Gasteiger partial charge in [0.15, 0.2) is 12.2 Å². The number of ether oxygens (including phenoxy) is 4. The molecule has 0 aliphatic carbocycles. The van der Waals surface area contributed by atoms with Crippen molar-refractivity contribution in [3.8, 4) is 0 Å². The van der Waals surface area contributed by atoms with Gasteiger partial charge in [-0.05, 0) is 25.7 Å². The molecule has 17 nitrogen and oxygen atoms in total. The molecule has 0 rings (SSSR count). The Bertz CT molecular complexity index is 1840. The highest BCUT2D eigenvalue weighted by Crippen LogP contribution is 2.45. The first-order valence-corrected chi connectivity index (χ1v) is 43.8. The van der Waals surface area contributed by atoms with Crippen molar-refractivity contribution in [2.45, 2.75) is 438 Å². The SMILES string of the molecule is CCCCCCCCCCCCCCCCCCCC(=O)OC[C@H](COP(=O)(O)OC[C@@H](O)COP(=O)(O)OC[C@@H](COC(=O)CCCCCCCCCCCC)OC(=O)CCCCCCCCCCCCCCC)OC(=O)CCCCCCCCCCCCCCCCCCC. The molecule has 0 aromatic rings. The van der Waals surface area contributed by atoms with Crippen LogP contribution in [0.4, 0.5) is 0 Å². The van der Waals surface area contributed by atoms with Gasteiger partial charge in [-0.1, -0.05) is 368 Å².